The van der Waals surface area contributed by atoms with E-state index in [-0.39, 0.29) is 24.0 Å². The number of amidine groups is 1. The van der Waals surface area contributed by atoms with Crippen LogP contribution >= 0.6 is 0 Å². The van der Waals surface area contributed by atoms with Crippen molar-refractivity contribution >= 4 is 5.84 Å². The van der Waals surface area contributed by atoms with Gasteiger partial charge in [0.2, 0.25) is 0 Å². The minimum absolute atomic E-state index is 0.00705. The second-order valence-corrected chi connectivity index (χ2v) is 11.0. The SMILES string of the molecule is CCOCC1N(Cc2ccccc2)C2C(=N)N(Cc3ccccc3)C(C)C(C)=C2N1C1(OC)CCCCC1. The fourth-order valence-corrected chi connectivity index (χ4v) is 6.80. The van der Waals surface area contributed by atoms with Crippen LogP contribution in [0.4, 0.5) is 0 Å². The van der Waals surface area contributed by atoms with Gasteiger partial charge in [0, 0.05) is 32.5 Å². The first-order valence-electron chi connectivity index (χ1n) is 14.3. The molecular formula is C32H44N4O2. The van der Waals surface area contributed by atoms with Crippen molar-refractivity contribution in [3.63, 3.8) is 0 Å². The lowest BCUT2D eigenvalue weighted by molar-refractivity contribution is -0.170. The van der Waals surface area contributed by atoms with Gasteiger partial charge < -0.3 is 19.3 Å². The molecular weight excluding hydrogens is 472 g/mol. The predicted octanol–water partition coefficient (Wildman–Crippen LogP) is 6.00. The summed E-state index contributed by atoms with van der Waals surface area (Å²) in [5, 5.41) is 9.67. The molecule has 2 aliphatic heterocycles. The van der Waals surface area contributed by atoms with Crippen molar-refractivity contribution in [3.05, 3.63) is 83.1 Å². The Balaban J connectivity index is 1.63. The third-order valence-electron chi connectivity index (χ3n) is 8.93. The van der Waals surface area contributed by atoms with Crippen LogP contribution in [0.1, 0.15) is 64.0 Å². The third-order valence-corrected chi connectivity index (χ3v) is 8.93. The molecule has 1 saturated carbocycles. The van der Waals surface area contributed by atoms with E-state index >= 15 is 0 Å². The zero-order chi connectivity index (χ0) is 26.7. The summed E-state index contributed by atoms with van der Waals surface area (Å²) in [6.07, 6.45) is 5.58. The molecule has 0 radical (unpaired) electrons. The van der Waals surface area contributed by atoms with Crippen LogP contribution < -0.4 is 0 Å². The van der Waals surface area contributed by atoms with Crippen molar-refractivity contribution in [2.24, 2.45) is 0 Å². The maximum atomic E-state index is 9.67. The summed E-state index contributed by atoms with van der Waals surface area (Å²) in [5.41, 5.74) is 4.71. The predicted molar refractivity (Wildman–Crippen MR) is 153 cm³/mol. The Kier molecular flexibility index (Phi) is 8.22. The molecule has 2 fully saturated rings. The van der Waals surface area contributed by atoms with E-state index in [0.717, 1.165) is 38.8 Å². The molecule has 38 heavy (non-hydrogen) atoms. The number of hydrogen-bond acceptors (Lipinski definition) is 5. The Bertz CT molecular complexity index is 1110. The van der Waals surface area contributed by atoms with Crippen molar-refractivity contribution < 1.29 is 9.47 Å². The van der Waals surface area contributed by atoms with Gasteiger partial charge in [0.25, 0.3) is 0 Å². The molecule has 0 bridgehead atoms. The summed E-state index contributed by atoms with van der Waals surface area (Å²) < 4.78 is 12.7. The lowest BCUT2D eigenvalue weighted by Gasteiger charge is -2.49. The standard InChI is InChI=1S/C32H44N4O2/c1-5-38-23-28-35(22-27-17-11-7-12-18-27)30-29(36(28)32(37-4)19-13-8-14-20-32)24(2)25(3)34(31(30)33)21-26-15-9-6-10-16-26/h6-7,9-12,15-18,25,28,30,33H,5,8,13-14,19-23H2,1-4H3. The molecule has 3 atom stereocenters. The van der Waals surface area contributed by atoms with Gasteiger partial charge in [0.15, 0.2) is 0 Å². The Morgan fingerprint density at radius 2 is 1.53 bits per heavy atom. The van der Waals surface area contributed by atoms with E-state index in [1.54, 1.807) is 0 Å². The maximum Gasteiger partial charge on any atom is 0.141 e. The summed E-state index contributed by atoms with van der Waals surface area (Å²) in [6.45, 7) is 9.34. The van der Waals surface area contributed by atoms with Gasteiger partial charge in [-0.2, -0.15) is 0 Å². The smallest absolute Gasteiger partial charge is 0.141 e. The van der Waals surface area contributed by atoms with Gasteiger partial charge in [-0.25, -0.2) is 0 Å². The summed E-state index contributed by atoms with van der Waals surface area (Å²) in [7, 11) is 1.88. The molecule has 5 rings (SSSR count). The fraction of sp³-hybridized carbons (Fsp3) is 0.531. The van der Waals surface area contributed by atoms with E-state index in [4.69, 9.17) is 9.47 Å². The molecule has 2 aromatic rings. The van der Waals surface area contributed by atoms with E-state index in [2.05, 4.69) is 96.1 Å². The topological polar surface area (TPSA) is 52.0 Å². The van der Waals surface area contributed by atoms with Crippen LogP contribution in [0.2, 0.25) is 0 Å². The fourth-order valence-electron chi connectivity index (χ4n) is 6.80. The summed E-state index contributed by atoms with van der Waals surface area (Å²) in [6, 6.07) is 21.2. The van der Waals surface area contributed by atoms with Crippen molar-refractivity contribution in [2.75, 3.05) is 20.3 Å². The van der Waals surface area contributed by atoms with Crippen LogP contribution in [0.15, 0.2) is 71.9 Å². The number of fused-ring (bicyclic) bond motifs is 1. The van der Waals surface area contributed by atoms with Crippen molar-refractivity contribution in [3.8, 4) is 0 Å². The van der Waals surface area contributed by atoms with Crippen LogP contribution in [0.25, 0.3) is 0 Å². The Morgan fingerprint density at radius 3 is 2.11 bits per heavy atom. The summed E-state index contributed by atoms with van der Waals surface area (Å²) >= 11 is 0. The first-order valence-corrected chi connectivity index (χ1v) is 14.3. The van der Waals surface area contributed by atoms with Crippen LogP contribution in [-0.4, -0.2) is 64.8 Å². The van der Waals surface area contributed by atoms with Gasteiger partial charge in [0.05, 0.1) is 12.6 Å². The normalized spacial score (nSPS) is 25.7. The molecule has 0 aromatic heterocycles. The Labute approximate surface area is 228 Å². The minimum atomic E-state index is -0.373. The number of methoxy groups -OCH3 is 1. The summed E-state index contributed by atoms with van der Waals surface area (Å²) in [4.78, 5) is 7.36. The molecule has 3 aliphatic rings. The van der Waals surface area contributed by atoms with Gasteiger partial charge >= 0.3 is 0 Å². The Morgan fingerprint density at radius 1 is 0.921 bits per heavy atom. The van der Waals surface area contributed by atoms with Crippen molar-refractivity contribution in [1.82, 2.24) is 14.7 Å². The van der Waals surface area contributed by atoms with Gasteiger partial charge in [0.1, 0.15) is 23.8 Å². The Hall–Kier alpha value is -2.67. The van der Waals surface area contributed by atoms with E-state index in [1.807, 2.05) is 7.11 Å². The van der Waals surface area contributed by atoms with E-state index < -0.39 is 0 Å². The van der Waals surface area contributed by atoms with Crippen LogP contribution in [-0.2, 0) is 22.6 Å². The first-order chi connectivity index (χ1) is 18.5. The molecule has 6 nitrogen and oxygen atoms in total. The maximum absolute atomic E-state index is 9.67. The number of ether oxygens (including phenoxy) is 2. The molecule has 1 aliphatic carbocycles. The van der Waals surface area contributed by atoms with E-state index in [9.17, 15) is 5.41 Å². The highest BCUT2D eigenvalue weighted by Gasteiger charge is 2.56. The summed E-state index contributed by atoms with van der Waals surface area (Å²) in [5.74, 6) is 0.670. The minimum Gasteiger partial charge on any atom is -0.378 e. The highest BCUT2D eigenvalue weighted by molar-refractivity contribution is 5.90. The monoisotopic (exact) mass is 516 g/mol. The van der Waals surface area contributed by atoms with E-state index in [1.165, 1.54) is 28.8 Å². The van der Waals surface area contributed by atoms with Crippen LogP contribution in [0, 0.1) is 5.41 Å². The highest BCUT2D eigenvalue weighted by atomic mass is 16.5. The molecule has 0 spiro atoms. The lowest BCUT2D eigenvalue weighted by Crippen LogP contribution is -2.56. The van der Waals surface area contributed by atoms with Gasteiger partial charge in [-0.3, -0.25) is 10.3 Å². The van der Waals surface area contributed by atoms with Crippen LogP contribution in [0.3, 0.4) is 0 Å². The average molecular weight is 517 g/mol. The largest absolute Gasteiger partial charge is 0.378 e. The first kappa shape index (κ1) is 26.9. The molecule has 2 heterocycles. The average Bonchev–Trinajstić information content (AvgIpc) is 3.28. The number of hydrogen-bond donors (Lipinski definition) is 1. The molecule has 3 unspecified atom stereocenters. The van der Waals surface area contributed by atoms with Gasteiger partial charge in [-0.15, -0.1) is 0 Å². The number of nitrogens with one attached hydrogen (secondary N) is 1. The third kappa shape index (κ3) is 4.90. The molecule has 204 valence electrons. The highest BCUT2D eigenvalue weighted by Crippen LogP contribution is 2.48. The van der Waals surface area contributed by atoms with Gasteiger partial charge in [-0.05, 0) is 63.2 Å². The zero-order valence-corrected chi connectivity index (χ0v) is 23.5. The molecule has 6 heteroatoms. The second-order valence-electron chi connectivity index (χ2n) is 11.0. The zero-order valence-electron chi connectivity index (χ0n) is 23.5. The number of rotatable bonds is 9. The van der Waals surface area contributed by atoms with E-state index in [0.29, 0.717) is 19.0 Å². The van der Waals surface area contributed by atoms with Crippen molar-refractivity contribution in [2.45, 2.75) is 89.9 Å². The molecule has 1 N–H and O–H groups in total. The van der Waals surface area contributed by atoms with Crippen molar-refractivity contribution in [1.29, 1.82) is 5.41 Å². The second kappa shape index (κ2) is 11.6. The van der Waals surface area contributed by atoms with Gasteiger partial charge in [-0.1, -0.05) is 67.1 Å². The quantitative estimate of drug-likeness (QED) is 0.443. The molecule has 1 saturated heterocycles. The molecule has 2 aromatic carbocycles. The lowest BCUT2D eigenvalue weighted by atomic mass is 9.87. The van der Waals surface area contributed by atoms with Crippen LogP contribution in [0.5, 0.6) is 0 Å². The number of benzene rings is 2. The number of nitrogens with zero attached hydrogens (tertiary/aromatic N) is 3. The molecule has 0 amide bonds.